The van der Waals surface area contributed by atoms with E-state index in [1.54, 1.807) is 16.7 Å². The number of para-hydroxylation sites is 1. The molecule has 1 fully saturated rings. The summed E-state index contributed by atoms with van der Waals surface area (Å²) >= 11 is 0. The van der Waals surface area contributed by atoms with E-state index in [0.717, 1.165) is 48.4 Å². The summed E-state index contributed by atoms with van der Waals surface area (Å²) in [7, 11) is 3.13. The number of hydrogen-bond donors (Lipinski definition) is 2. The van der Waals surface area contributed by atoms with Gasteiger partial charge in [-0.15, -0.1) is 0 Å². The van der Waals surface area contributed by atoms with Crippen LogP contribution in [0.2, 0.25) is 0 Å². The Balaban J connectivity index is 1.39. The predicted octanol–water partition coefficient (Wildman–Crippen LogP) is 5.76. The third-order valence-electron chi connectivity index (χ3n) is 8.24. The zero-order valence-corrected chi connectivity index (χ0v) is 24.0. The van der Waals surface area contributed by atoms with Gasteiger partial charge in [-0.25, -0.2) is 14.3 Å². The van der Waals surface area contributed by atoms with Crippen molar-refractivity contribution in [2.24, 2.45) is 5.92 Å². The summed E-state index contributed by atoms with van der Waals surface area (Å²) in [5, 5.41) is 11.4. The van der Waals surface area contributed by atoms with Gasteiger partial charge in [-0.05, 0) is 61.8 Å². The monoisotopic (exact) mass is 557 g/mol. The van der Waals surface area contributed by atoms with E-state index in [4.69, 9.17) is 14.6 Å². The molecule has 2 aromatic carbocycles. The molecule has 5 rings (SSSR count). The van der Waals surface area contributed by atoms with Crippen LogP contribution in [-0.4, -0.2) is 66.8 Å². The van der Waals surface area contributed by atoms with Crippen LogP contribution in [0.15, 0.2) is 66.7 Å². The Labute approximate surface area is 241 Å². The SMILES string of the molecule is COCC[C@@H]1C[C@@H](NC(=O)Nc2c(C)c(C3=CCN(C(=O)OC)CC3)nn2-c2ccccc2)[C@H](c2ccccc2)C1. The normalized spacial score (nSPS) is 20.4. The summed E-state index contributed by atoms with van der Waals surface area (Å²) in [4.78, 5) is 27.2. The summed E-state index contributed by atoms with van der Waals surface area (Å²) < 4.78 is 12.0. The van der Waals surface area contributed by atoms with Gasteiger partial charge < -0.3 is 19.7 Å². The summed E-state index contributed by atoms with van der Waals surface area (Å²) in [5.41, 5.74) is 4.84. The number of carbonyl (C=O) groups is 2. The van der Waals surface area contributed by atoms with E-state index in [1.165, 1.54) is 12.7 Å². The van der Waals surface area contributed by atoms with E-state index in [9.17, 15) is 9.59 Å². The molecule has 3 aromatic rings. The number of benzene rings is 2. The van der Waals surface area contributed by atoms with Crippen molar-refractivity contribution in [2.75, 3.05) is 39.2 Å². The molecule has 2 N–H and O–H groups in total. The molecule has 3 amide bonds. The van der Waals surface area contributed by atoms with Gasteiger partial charge in [-0.3, -0.25) is 5.32 Å². The van der Waals surface area contributed by atoms with E-state index in [2.05, 4.69) is 34.9 Å². The van der Waals surface area contributed by atoms with Crippen molar-refractivity contribution in [1.82, 2.24) is 20.0 Å². The van der Waals surface area contributed by atoms with Crippen molar-refractivity contribution >= 4 is 23.5 Å². The highest BCUT2D eigenvalue weighted by Crippen LogP contribution is 2.40. The second-order valence-electron chi connectivity index (χ2n) is 10.8. The molecule has 2 heterocycles. The van der Waals surface area contributed by atoms with Gasteiger partial charge in [-0.2, -0.15) is 5.10 Å². The Bertz CT molecular complexity index is 1370. The molecule has 9 heteroatoms. The third kappa shape index (κ3) is 6.46. The van der Waals surface area contributed by atoms with Crippen molar-refractivity contribution in [3.05, 3.63) is 83.6 Å². The Morgan fingerprint density at radius 3 is 2.41 bits per heavy atom. The van der Waals surface area contributed by atoms with Gasteiger partial charge in [0.05, 0.1) is 18.5 Å². The molecule has 0 saturated heterocycles. The fourth-order valence-corrected chi connectivity index (χ4v) is 6.09. The number of hydrogen-bond acceptors (Lipinski definition) is 5. The maximum absolute atomic E-state index is 13.6. The average molecular weight is 558 g/mol. The minimum Gasteiger partial charge on any atom is -0.453 e. The van der Waals surface area contributed by atoms with E-state index in [-0.39, 0.29) is 24.1 Å². The third-order valence-corrected chi connectivity index (χ3v) is 8.24. The number of nitrogens with one attached hydrogen (secondary N) is 2. The second kappa shape index (κ2) is 13.0. The zero-order chi connectivity index (χ0) is 28.8. The molecule has 1 saturated carbocycles. The van der Waals surface area contributed by atoms with Crippen molar-refractivity contribution in [2.45, 2.75) is 44.6 Å². The van der Waals surface area contributed by atoms with Gasteiger partial charge in [-0.1, -0.05) is 54.6 Å². The number of ether oxygens (including phenoxy) is 2. The Hall–Kier alpha value is -4.11. The molecule has 1 aliphatic carbocycles. The van der Waals surface area contributed by atoms with E-state index in [0.29, 0.717) is 31.2 Å². The maximum atomic E-state index is 13.6. The summed E-state index contributed by atoms with van der Waals surface area (Å²) in [6, 6.07) is 20.0. The average Bonchev–Trinajstić information content (AvgIpc) is 3.56. The topological polar surface area (TPSA) is 97.7 Å². The maximum Gasteiger partial charge on any atom is 0.409 e. The molecular weight excluding hydrogens is 518 g/mol. The molecule has 216 valence electrons. The lowest BCUT2D eigenvalue weighted by Gasteiger charge is -2.24. The molecule has 0 bridgehead atoms. The molecule has 3 atom stereocenters. The second-order valence-corrected chi connectivity index (χ2v) is 10.8. The lowest BCUT2D eigenvalue weighted by atomic mass is 9.93. The zero-order valence-electron chi connectivity index (χ0n) is 24.0. The van der Waals surface area contributed by atoms with Gasteiger partial charge in [0.1, 0.15) is 5.82 Å². The van der Waals surface area contributed by atoms with Crippen LogP contribution >= 0.6 is 0 Å². The van der Waals surface area contributed by atoms with Gasteiger partial charge in [0.25, 0.3) is 0 Å². The highest BCUT2D eigenvalue weighted by Gasteiger charge is 2.36. The minimum atomic E-state index is -0.337. The first-order valence-corrected chi connectivity index (χ1v) is 14.3. The highest BCUT2D eigenvalue weighted by atomic mass is 16.5. The van der Waals surface area contributed by atoms with Crippen LogP contribution in [0, 0.1) is 12.8 Å². The van der Waals surface area contributed by atoms with E-state index < -0.39 is 0 Å². The molecule has 0 unspecified atom stereocenters. The standard InChI is InChI=1S/C32H39N5O4/c1-22-29(25-14-17-36(18-15-25)32(39)41-3)35-37(26-12-8-5-9-13-26)30(22)34-31(38)33-28-21-23(16-19-40-2)20-27(28)24-10-6-4-7-11-24/h4-14,23,27-28H,15-21H2,1-3H3,(H2,33,34,38)/t23-,27-,28+/m0/s1. The minimum absolute atomic E-state index is 0.0116. The fourth-order valence-electron chi connectivity index (χ4n) is 6.09. The molecule has 2 aliphatic rings. The van der Waals surface area contributed by atoms with Crippen LogP contribution < -0.4 is 10.6 Å². The molecule has 9 nitrogen and oxygen atoms in total. The van der Waals surface area contributed by atoms with Gasteiger partial charge in [0.2, 0.25) is 0 Å². The number of amides is 3. The van der Waals surface area contributed by atoms with Crippen LogP contribution in [0.4, 0.5) is 15.4 Å². The molecule has 1 aromatic heterocycles. The number of nitrogens with zero attached hydrogens (tertiary/aromatic N) is 3. The van der Waals surface area contributed by atoms with Crippen LogP contribution in [0.1, 0.15) is 48.4 Å². The smallest absolute Gasteiger partial charge is 0.409 e. The predicted molar refractivity (Wildman–Crippen MR) is 159 cm³/mol. The first-order chi connectivity index (χ1) is 20.0. The fraction of sp³-hybridized carbons (Fsp3) is 0.406. The molecule has 0 radical (unpaired) electrons. The lowest BCUT2D eigenvalue weighted by molar-refractivity contribution is 0.128. The number of aromatic nitrogens is 2. The lowest BCUT2D eigenvalue weighted by Crippen LogP contribution is -2.40. The Morgan fingerprint density at radius 2 is 1.76 bits per heavy atom. The Kier molecular flexibility index (Phi) is 9.04. The number of carbonyl (C=O) groups excluding carboxylic acids is 2. The van der Waals surface area contributed by atoms with Crippen LogP contribution in [0.3, 0.4) is 0 Å². The van der Waals surface area contributed by atoms with Crippen molar-refractivity contribution < 1.29 is 19.1 Å². The molecular formula is C32H39N5O4. The summed E-state index contributed by atoms with van der Waals surface area (Å²) in [6.07, 6.45) is 5.22. The summed E-state index contributed by atoms with van der Waals surface area (Å²) in [6.45, 7) is 3.70. The number of methoxy groups -OCH3 is 2. The highest BCUT2D eigenvalue weighted by molar-refractivity contribution is 5.91. The van der Waals surface area contributed by atoms with E-state index in [1.807, 2.05) is 49.4 Å². The first kappa shape index (κ1) is 28.4. The quantitative estimate of drug-likeness (QED) is 0.367. The van der Waals surface area contributed by atoms with Crippen LogP contribution in [-0.2, 0) is 9.47 Å². The van der Waals surface area contributed by atoms with Crippen molar-refractivity contribution in [3.8, 4) is 5.69 Å². The van der Waals surface area contributed by atoms with Crippen LogP contribution in [0.25, 0.3) is 11.3 Å². The first-order valence-electron chi connectivity index (χ1n) is 14.3. The number of anilines is 1. The number of rotatable bonds is 8. The number of urea groups is 1. The molecule has 41 heavy (non-hydrogen) atoms. The summed E-state index contributed by atoms with van der Waals surface area (Å²) in [5.74, 6) is 1.35. The van der Waals surface area contributed by atoms with E-state index >= 15 is 0 Å². The van der Waals surface area contributed by atoms with Crippen molar-refractivity contribution in [1.29, 1.82) is 0 Å². The Morgan fingerprint density at radius 1 is 1.02 bits per heavy atom. The van der Waals surface area contributed by atoms with Crippen molar-refractivity contribution in [3.63, 3.8) is 0 Å². The van der Waals surface area contributed by atoms with Gasteiger partial charge >= 0.3 is 12.1 Å². The van der Waals surface area contributed by atoms with Gasteiger partial charge in [0.15, 0.2) is 0 Å². The molecule has 0 spiro atoms. The molecule has 1 aliphatic heterocycles. The van der Waals surface area contributed by atoms with Crippen LogP contribution in [0.5, 0.6) is 0 Å². The largest absolute Gasteiger partial charge is 0.453 e. The van der Waals surface area contributed by atoms with Gasteiger partial charge in [0, 0.05) is 44.3 Å².